The molecule has 120 valence electrons. The first-order valence-corrected chi connectivity index (χ1v) is 8.05. The number of hydrogen-bond acceptors (Lipinski definition) is 6. The molecule has 0 spiro atoms. The molecule has 0 atom stereocenters. The van der Waals surface area contributed by atoms with Crippen molar-refractivity contribution >= 4 is 0 Å². The first kappa shape index (κ1) is 14.8. The van der Waals surface area contributed by atoms with Gasteiger partial charge in [0.2, 0.25) is 0 Å². The van der Waals surface area contributed by atoms with Crippen LogP contribution in [0.5, 0.6) is 0 Å². The number of hydrogen-bond donors (Lipinski definition) is 0. The summed E-state index contributed by atoms with van der Waals surface area (Å²) >= 11 is 0. The molecule has 0 saturated heterocycles. The fourth-order valence-corrected chi connectivity index (χ4v) is 2.96. The molecule has 0 aliphatic carbocycles. The fourth-order valence-electron chi connectivity index (χ4n) is 2.96. The molecule has 0 radical (unpaired) electrons. The second-order valence-corrected chi connectivity index (χ2v) is 6.01. The number of pyridine rings is 1. The van der Waals surface area contributed by atoms with Crippen LogP contribution in [-0.2, 0) is 19.5 Å². The van der Waals surface area contributed by atoms with Crippen LogP contribution in [0.2, 0.25) is 0 Å². The quantitative estimate of drug-likeness (QED) is 0.737. The summed E-state index contributed by atoms with van der Waals surface area (Å²) in [5.74, 6) is 0.870. The third kappa shape index (κ3) is 3.14. The predicted octanol–water partition coefficient (Wildman–Crippen LogP) is 2.20. The zero-order chi connectivity index (χ0) is 16.4. The van der Waals surface area contributed by atoms with Gasteiger partial charge in [0.25, 0.3) is 0 Å². The Bertz CT molecular complexity index is 849. The number of nitrogens with zero attached hydrogens (tertiary/aromatic N) is 6. The zero-order valence-electron chi connectivity index (χ0n) is 13.6. The van der Waals surface area contributed by atoms with Gasteiger partial charge in [0.1, 0.15) is 5.82 Å². The Hall–Kier alpha value is -2.73. The summed E-state index contributed by atoms with van der Waals surface area (Å²) in [5.41, 5.74) is 5.26. The maximum atomic E-state index is 4.50. The van der Waals surface area contributed by atoms with Gasteiger partial charge in [0.05, 0.1) is 17.9 Å². The second-order valence-electron chi connectivity index (χ2n) is 6.01. The lowest BCUT2D eigenvalue weighted by Crippen LogP contribution is -2.31. The van der Waals surface area contributed by atoms with Gasteiger partial charge in [-0.05, 0) is 36.8 Å². The standard InChI is InChI=1S/C18H18N6/c1-13-2-8-20-18(21-13)12-24-9-5-16-15(11-24)10-17(23-22-16)14-3-6-19-7-4-14/h2-4,6-8,10H,5,9,11-12H2,1H3. The Kier molecular flexibility index (Phi) is 3.96. The van der Waals surface area contributed by atoms with E-state index in [0.29, 0.717) is 0 Å². The highest BCUT2D eigenvalue weighted by Crippen LogP contribution is 2.22. The summed E-state index contributed by atoms with van der Waals surface area (Å²) in [7, 11) is 0. The maximum absolute atomic E-state index is 4.50. The minimum atomic E-state index is 0.758. The molecular formula is C18H18N6. The monoisotopic (exact) mass is 318 g/mol. The molecule has 0 aromatic carbocycles. The largest absolute Gasteiger partial charge is 0.291 e. The average molecular weight is 318 g/mol. The van der Waals surface area contributed by atoms with Crippen molar-refractivity contribution in [2.24, 2.45) is 0 Å². The van der Waals surface area contributed by atoms with Gasteiger partial charge >= 0.3 is 0 Å². The smallest absolute Gasteiger partial charge is 0.142 e. The van der Waals surface area contributed by atoms with Gasteiger partial charge in [0.15, 0.2) is 0 Å². The predicted molar refractivity (Wildman–Crippen MR) is 89.9 cm³/mol. The molecule has 0 N–H and O–H groups in total. The van der Waals surface area contributed by atoms with Gasteiger partial charge in [-0.1, -0.05) is 0 Å². The van der Waals surface area contributed by atoms with Gasteiger partial charge in [-0.25, -0.2) is 9.97 Å². The Morgan fingerprint density at radius 1 is 1.08 bits per heavy atom. The third-order valence-electron chi connectivity index (χ3n) is 4.20. The summed E-state index contributed by atoms with van der Waals surface area (Å²) < 4.78 is 0. The van der Waals surface area contributed by atoms with E-state index in [4.69, 9.17) is 0 Å². The van der Waals surface area contributed by atoms with Crippen LogP contribution in [0, 0.1) is 6.92 Å². The number of rotatable bonds is 3. The van der Waals surface area contributed by atoms with E-state index in [1.54, 1.807) is 12.4 Å². The fraction of sp³-hybridized carbons (Fsp3) is 0.278. The summed E-state index contributed by atoms with van der Waals surface area (Å²) in [4.78, 5) is 15.3. The van der Waals surface area contributed by atoms with Crippen molar-refractivity contribution in [3.8, 4) is 11.3 Å². The van der Waals surface area contributed by atoms with E-state index in [9.17, 15) is 0 Å². The number of fused-ring (bicyclic) bond motifs is 1. The van der Waals surface area contributed by atoms with Gasteiger partial charge in [-0.15, -0.1) is 0 Å². The number of aryl methyl sites for hydroxylation is 1. The highest BCUT2D eigenvalue weighted by molar-refractivity contribution is 5.58. The van der Waals surface area contributed by atoms with Crippen LogP contribution in [0.15, 0.2) is 42.9 Å². The van der Waals surface area contributed by atoms with Crippen LogP contribution in [0.3, 0.4) is 0 Å². The van der Waals surface area contributed by atoms with Crippen LogP contribution in [0.1, 0.15) is 22.8 Å². The molecule has 1 aliphatic rings. The second kappa shape index (κ2) is 6.41. The lowest BCUT2D eigenvalue weighted by Gasteiger charge is -2.27. The molecule has 3 aromatic heterocycles. The summed E-state index contributed by atoms with van der Waals surface area (Å²) in [6, 6.07) is 7.97. The normalized spacial score (nSPS) is 14.4. The molecule has 6 heteroatoms. The summed E-state index contributed by atoms with van der Waals surface area (Å²) in [6.07, 6.45) is 6.28. The minimum Gasteiger partial charge on any atom is -0.291 e. The van der Waals surface area contributed by atoms with Crippen molar-refractivity contribution in [2.75, 3.05) is 6.54 Å². The zero-order valence-corrected chi connectivity index (χ0v) is 13.6. The van der Waals surface area contributed by atoms with E-state index >= 15 is 0 Å². The van der Waals surface area contributed by atoms with Gasteiger partial charge in [-0.3, -0.25) is 9.88 Å². The Morgan fingerprint density at radius 2 is 1.96 bits per heavy atom. The van der Waals surface area contributed by atoms with Crippen LogP contribution in [0.4, 0.5) is 0 Å². The van der Waals surface area contributed by atoms with Crippen LogP contribution < -0.4 is 0 Å². The SMILES string of the molecule is Cc1ccnc(CN2CCc3nnc(-c4ccncc4)cc3C2)n1. The van der Waals surface area contributed by atoms with E-state index < -0.39 is 0 Å². The molecule has 0 unspecified atom stereocenters. The molecule has 4 rings (SSSR count). The molecule has 6 nitrogen and oxygen atoms in total. The Labute approximate surface area is 140 Å². The molecule has 0 saturated carbocycles. The first-order valence-electron chi connectivity index (χ1n) is 8.05. The van der Waals surface area contributed by atoms with Gasteiger partial charge in [-0.2, -0.15) is 10.2 Å². The van der Waals surface area contributed by atoms with E-state index in [2.05, 4.69) is 36.1 Å². The van der Waals surface area contributed by atoms with E-state index in [1.165, 1.54) is 5.56 Å². The molecule has 0 bridgehead atoms. The summed E-state index contributed by atoms with van der Waals surface area (Å²) in [5, 5.41) is 8.78. The van der Waals surface area contributed by atoms with E-state index in [1.807, 2.05) is 31.3 Å². The summed E-state index contributed by atoms with van der Waals surface area (Å²) in [6.45, 7) is 4.55. The van der Waals surface area contributed by atoms with Crippen molar-refractivity contribution in [3.05, 3.63) is 65.6 Å². The lowest BCUT2D eigenvalue weighted by atomic mass is 10.0. The number of aromatic nitrogens is 5. The van der Waals surface area contributed by atoms with E-state index in [-0.39, 0.29) is 0 Å². The molecule has 0 fully saturated rings. The Morgan fingerprint density at radius 3 is 2.79 bits per heavy atom. The minimum absolute atomic E-state index is 0.758. The van der Waals surface area contributed by atoms with Gasteiger partial charge in [0, 0.05) is 49.4 Å². The molecule has 24 heavy (non-hydrogen) atoms. The Balaban J connectivity index is 1.55. The van der Waals surface area contributed by atoms with Crippen molar-refractivity contribution in [2.45, 2.75) is 26.4 Å². The highest BCUT2D eigenvalue weighted by Gasteiger charge is 2.19. The van der Waals surface area contributed by atoms with Crippen molar-refractivity contribution in [1.82, 2.24) is 30.0 Å². The van der Waals surface area contributed by atoms with Gasteiger partial charge < -0.3 is 0 Å². The van der Waals surface area contributed by atoms with Crippen LogP contribution in [-0.4, -0.2) is 36.6 Å². The molecule has 1 aliphatic heterocycles. The average Bonchev–Trinajstić information content (AvgIpc) is 2.62. The molecular weight excluding hydrogens is 300 g/mol. The van der Waals surface area contributed by atoms with Crippen LogP contribution >= 0.6 is 0 Å². The third-order valence-corrected chi connectivity index (χ3v) is 4.20. The molecule has 4 heterocycles. The maximum Gasteiger partial charge on any atom is 0.142 e. The topological polar surface area (TPSA) is 67.7 Å². The van der Waals surface area contributed by atoms with Crippen molar-refractivity contribution in [3.63, 3.8) is 0 Å². The molecule has 0 amide bonds. The van der Waals surface area contributed by atoms with Crippen molar-refractivity contribution < 1.29 is 0 Å². The highest BCUT2D eigenvalue weighted by atomic mass is 15.2. The molecule has 3 aromatic rings. The van der Waals surface area contributed by atoms with Crippen molar-refractivity contribution in [1.29, 1.82) is 0 Å². The lowest BCUT2D eigenvalue weighted by molar-refractivity contribution is 0.236. The van der Waals surface area contributed by atoms with E-state index in [0.717, 1.165) is 54.5 Å². The van der Waals surface area contributed by atoms with Crippen LogP contribution in [0.25, 0.3) is 11.3 Å². The first-order chi connectivity index (χ1) is 11.8.